The molecule has 0 N–H and O–H groups in total. The third-order valence-corrected chi connectivity index (χ3v) is 6.36. The number of hydrogen-bond donors (Lipinski definition) is 0. The fourth-order valence-electron chi connectivity index (χ4n) is 4.71. The minimum atomic E-state index is 0.228. The maximum absolute atomic E-state index is 5.27. The summed E-state index contributed by atoms with van der Waals surface area (Å²) in [5, 5.41) is 12.8. The number of tetrazole rings is 1. The Morgan fingerprint density at radius 2 is 1.68 bits per heavy atom. The van der Waals surface area contributed by atoms with Gasteiger partial charge < -0.3 is 4.74 Å². The predicted molar refractivity (Wildman–Crippen MR) is 122 cm³/mol. The number of methoxy groups -OCH3 is 1. The summed E-state index contributed by atoms with van der Waals surface area (Å²) in [5.74, 6) is 3.01. The molecule has 4 rings (SSSR count). The fourth-order valence-corrected chi connectivity index (χ4v) is 4.71. The molecule has 0 aliphatic carbocycles. The summed E-state index contributed by atoms with van der Waals surface area (Å²) in [6.45, 7) is 7.39. The molecule has 1 atom stereocenters. The van der Waals surface area contributed by atoms with Crippen LogP contribution in [-0.2, 0) is 13.0 Å². The Morgan fingerprint density at radius 3 is 2.32 bits per heavy atom. The molecule has 2 aromatic carbocycles. The van der Waals surface area contributed by atoms with Gasteiger partial charge in [-0.1, -0.05) is 56.3 Å². The lowest BCUT2D eigenvalue weighted by Gasteiger charge is -2.38. The van der Waals surface area contributed by atoms with Crippen LogP contribution < -0.4 is 4.74 Å². The van der Waals surface area contributed by atoms with E-state index >= 15 is 0 Å². The first-order valence-electron chi connectivity index (χ1n) is 11.3. The standard InChI is InChI=1S/C25H33N5O/c1-19(2)24(29-15-13-21(14-16-29)17-20-7-5-4-6-8-20)25-26-27-28-30(25)18-22-9-11-23(31-3)12-10-22/h4-12,19,21,24H,13-18H2,1-3H3/t24-/m0/s1. The van der Waals surface area contributed by atoms with Crippen LogP contribution in [0.1, 0.15) is 49.7 Å². The summed E-state index contributed by atoms with van der Waals surface area (Å²) >= 11 is 0. The highest BCUT2D eigenvalue weighted by Crippen LogP contribution is 2.32. The lowest BCUT2D eigenvalue weighted by atomic mass is 9.88. The minimum Gasteiger partial charge on any atom is -0.497 e. The van der Waals surface area contributed by atoms with E-state index in [4.69, 9.17) is 4.74 Å². The number of ether oxygens (including phenoxy) is 1. The third-order valence-electron chi connectivity index (χ3n) is 6.36. The maximum atomic E-state index is 5.27. The molecular formula is C25H33N5O. The quantitative estimate of drug-likeness (QED) is 0.542. The van der Waals surface area contributed by atoms with Crippen molar-refractivity contribution < 1.29 is 4.74 Å². The van der Waals surface area contributed by atoms with Crippen LogP contribution in [0.3, 0.4) is 0 Å². The van der Waals surface area contributed by atoms with Crippen LogP contribution in [-0.4, -0.2) is 45.3 Å². The van der Waals surface area contributed by atoms with Crippen molar-refractivity contribution in [2.75, 3.05) is 20.2 Å². The van der Waals surface area contributed by atoms with Crippen molar-refractivity contribution in [1.29, 1.82) is 0 Å². The monoisotopic (exact) mass is 419 g/mol. The molecule has 0 spiro atoms. The van der Waals surface area contributed by atoms with Gasteiger partial charge in [0.15, 0.2) is 5.82 Å². The molecule has 0 amide bonds. The molecule has 1 aliphatic rings. The van der Waals surface area contributed by atoms with E-state index in [1.165, 1.54) is 30.4 Å². The Bertz CT molecular complexity index is 930. The molecule has 2 heterocycles. The molecule has 6 heteroatoms. The fraction of sp³-hybridized carbons (Fsp3) is 0.480. The van der Waals surface area contributed by atoms with Crippen molar-refractivity contribution in [3.63, 3.8) is 0 Å². The maximum Gasteiger partial charge on any atom is 0.169 e. The van der Waals surface area contributed by atoms with Gasteiger partial charge in [0.25, 0.3) is 0 Å². The largest absolute Gasteiger partial charge is 0.497 e. The number of rotatable bonds is 8. The summed E-state index contributed by atoms with van der Waals surface area (Å²) in [7, 11) is 1.69. The van der Waals surface area contributed by atoms with Gasteiger partial charge in [0.2, 0.25) is 0 Å². The molecule has 0 saturated carbocycles. The molecule has 164 valence electrons. The van der Waals surface area contributed by atoms with Gasteiger partial charge in [0.1, 0.15) is 5.75 Å². The molecule has 31 heavy (non-hydrogen) atoms. The summed E-state index contributed by atoms with van der Waals surface area (Å²) < 4.78 is 7.23. The predicted octanol–water partition coefficient (Wildman–Crippen LogP) is 4.38. The Kier molecular flexibility index (Phi) is 6.97. The van der Waals surface area contributed by atoms with Crippen molar-refractivity contribution in [1.82, 2.24) is 25.1 Å². The zero-order valence-electron chi connectivity index (χ0n) is 18.8. The van der Waals surface area contributed by atoms with Gasteiger partial charge in [-0.3, -0.25) is 4.90 Å². The number of aromatic nitrogens is 4. The highest BCUT2D eigenvalue weighted by atomic mass is 16.5. The highest BCUT2D eigenvalue weighted by Gasteiger charge is 2.32. The summed E-state index contributed by atoms with van der Waals surface area (Å²) in [4.78, 5) is 2.59. The first-order valence-corrected chi connectivity index (χ1v) is 11.3. The second kappa shape index (κ2) is 10.1. The molecule has 1 saturated heterocycles. The number of nitrogens with zero attached hydrogens (tertiary/aromatic N) is 5. The number of piperidine rings is 1. The Morgan fingerprint density at radius 1 is 0.968 bits per heavy atom. The van der Waals surface area contributed by atoms with E-state index in [0.29, 0.717) is 12.5 Å². The number of hydrogen-bond acceptors (Lipinski definition) is 5. The van der Waals surface area contributed by atoms with E-state index in [0.717, 1.165) is 30.6 Å². The Hall–Kier alpha value is -2.73. The van der Waals surface area contributed by atoms with Gasteiger partial charge in [0.05, 0.1) is 19.7 Å². The van der Waals surface area contributed by atoms with Gasteiger partial charge in [0, 0.05) is 0 Å². The van der Waals surface area contributed by atoms with Crippen LogP contribution in [0.5, 0.6) is 5.75 Å². The molecule has 3 aromatic rings. The van der Waals surface area contributed by atoms with E-state index in [9.17, 15) is 0 Å². The van der Waals surface area contributed by atoms with Crippen LogP contribution in [0.15, 0.2) is 54.6 Å². The van der Waals surface area contributed by atoms with E-state index in [1.54, 1.807) is 7.11 Å². The second-order valence-corrected chi connectivity index (χ2v) is 8.90. The van der Waals surface area contributed by atoms with Crippen LogP contribution in [0.4, 0.5) is 0 Å². The number of benzene rings is 2. The Labute approximate surface area is 185 Å². The van der Waals surface area contributed by atoms with Gasteiger partial charge >= 0.3 is 0 Å². The SMILES string of the molecule is COc1ccc(Cn2nnnc2[C@H](C(C)C)N2CCC(Cc3ccccc3)CC2)cc1. The number of likely N-dealkylation sites (tertiary alicyclic amines) is 1. The van der Waals surface area contributed by atoms with Crippen LogP contribution in [0.25, 0.3) is 0 Å². The van der Waals surface area contributed by atoms with Crippen molar-refractivity contribution in [2.45, 2.75) is 45.7 Å². The van der Waals surface area contributed by atoms with Crippen LogP contribution >= 0.6 is 0 Å². The van der Waals surface area contributed by atoms with Gasteiger partial charge in [-0.2, -0.15) is 0 Å². The average Bonchev–Trinajstić information content (AvgIpc) is 3.23. The van der Waals surface area contributed by atoms with Crippen molar-refractivity contribution >= 4 is 0 Å². The smallest absolute Gasteiger partial charge is 0.169 e. The molecular weight excluding hydrogens is 386 g/mol. The van der Waals surface area contributed by atoms with Crippen LogP contribution in [0, 0.1) is 11.8 Å². The normalized spacial score (nSPS) is 16.5. The lowest BCUT2D eigenvalue weighted by molar-refractivity contribution is 0.0954. The molecule has 1 fully saturated rings. The van der Waals surface area contributed by atoms with Gasteiger partial charge in [-0.25, -0.2) is 4.68 Å². The van der Waals surface area contributed by atoms with E-state index in [2.05, 4.69) is 76.7 Å². The van der Waals surface area contributed by atoms with E-state index in [1.807, 2.05) is 16.8 Å². The topological polar surface area (TPSA) is 56.1 Å². The molecule has 0 unspecified atom stereocenters. The summed E-state index contributed by atoms with van der Waals surface area (Å²) in [5.41, 5.74) is 2.61. The third kappa shape index (κ3) is 5.31. The van der Waals surface area contributed by atoms with E-state index < -0.39 is 0 Å². The highest BCUT2D eigenvalue weighted by molar-refractivity contribution is 5.27. The summed E-state index contributed by atoms with van der Waals surface area (Å²) in [6.07, 6.45) is 3.62. The van der Waals surface area contributed by atoms with E-state index in [-0.39, 0.29) is 6.04 Å². The average molecular weight is 420 g/mol. The molecule has 6 nitrogen and oxygen atoms in total. The lowest BCUT2D eigenvalue weighted by Crippen LogP contribution is -2.40. The van der Waals surface area contributed by atoms with Crippen molar-refractivity contribution in [3.8, 4) is 5.75 Å². The van der Waals surface area contributed by atoms with Crippen molar-refractivity contribution in [3.05, 3.63) is 71.5 Å². The molecule has 0 radical (unpaired) electrons. The van der Waals surface area contributed by atoms with Gasteiger partial charge in [-0.05, 0) is 77.9 Å². The first-order chi connectivity index (χ1) is 15.1. The van der Waals surface area contributed by atoms with Crippen molar-refractivity contribution in [2.24, 2.45) is 11.8 Å². The first kappa shape index (κ1) is 21.5. The zero-order valence-corrected chi connectivity index (χ0v) is 18.8. The minimum absolute atomic E-state index is 0.228. The van der Waals surface area contributed by atoms with Gasteiger partial charge in [-0.15, -0.1) is 5.10 Å². The Balaban J connectivity index is 1.43. The molecule has 0 bridgehead atoms. The zero-order chi connectivity index (χ0) is 21.6. The summed E-state index contributed by atoms with van der Waals surface area (Å²) in [6, 6.07) is 19.2. The molecule has 1 aliphatic heterocycles. The molecule has 1 aromatic heterocycles. The van der Waals surface area contributed by atoms with Crippen LogP contribution in [0.2, 0.25) is 0 Å². The second-order valence-electron chi connectivity index (χ2n) is 8.90.